The summed E-state index contributed by atoms with van der Waals surface area (Å²) in [4.78, 5) is 1.84. The van der Waals surface area contributed by atoms with Crippen molar-refractivity contribution < 1.29 is 4.39 Å². The molecule has 0 heterocycles. The van der Waals surface area contributed by atoms with Crippen molar-refractivity contribution in [2.45, 2.75) is 19.9 Å². The fraction of sp³-hybridized carbons (Fsp3) is 0.294. The van der Waals surface area contributed by atoms with Gasteiger partial charge in [0.2, 0.25) is 0 Å². The van der Waals surface area contributed by atoms with Gasteiger partial charge in [0.1, 0.15) is 5.82 Å². The summed E-state index contributed by atoms with van der Waals surface area (Å²) in [7, 11) is 1.85. The Balaban J connectivity index is 2.32. The lowest BCUT2D eigenvalue weighted by atomic mass is 10.1. The number of nitrogens with one attached hydrogen (secondary N) is 1. The first-order valence-corrected chi connectivity index (χ1v) is 7.48. The van der Waals surface area contributed by atoms with Crippen LogP contribution in [0.25, 0.3) is 0 Å². The van der Waals surface area contributed by atoms with Crippen LogP contribution in [-0.4, -0.2) is 13.6 Å². The number of anilines is 2. The van der Waals surface area contributed by atoms with Crippen molar-refractivity contribution in [1.82, 2.24) is 5.32 Å². The van der Waals surface area contributed by atoms with Crippen molar-refractivity contribution >= 4 is 23.0 Å². The van der Waals surface area contributed by atoms with Crippen LogP contribution in [0.3, 0.4) is 0 Å². The minimum Gasteiger partial charge on any atom is -0.342 e. The highest BCUT2D eigenvalue weighted by Gasteiger charge is 2.13. The van der Waals surface area contributed by atoms with Crippen molar-refractivity contribution in [1.29, 1.82) is 0 Å². The lowest BCUT2D eigenvalue weighted by molar-refractivity contribution is 0.627. The van der Waals surface area contributed by atoms with E-state index < -0.39 is 0 Å². The van der Waals surface area contributed by atoms with Gasteiger partial charge < -0.3 is 10.2 Å². The second-order valence-corrected chi connectivity index (χ2v) is 5.40. The van der Waals surface area contributed by atoms with E-state index in [1.54, 1.807) is 12.1 Å². The van der Waals surface area contributed by atoms with Gasteiger partial charge >= 0.3 is 0 Å². The average Bonchev–Trinajstić information content (AvgIpc) is 2.49. The molecule has 0 spiro atoms. The molecular weight excluding hydrogens is 287 g/mol. The van der Waals surface area contributed by atoms with Crippen molar-refractivity contribution in [2.24, 2.45) is 0 Å². The normalized spacial score (nSPS) is 10.7. The van der Waals surface area contributed by atoms with Gasteiger partial charge in [-0.2, -0.15) is 0 Å². The lowest BCUT2D eigenvalue weighted by Gasteiger charge is -2.23. The molecule has 1 N–H and O–H groups in total. The zero-order valence-corrected chi connectivity index (χ0v) is 13.1. The fourth-order valence-electron chi connectivity index (χ4n) is 2.25. The zero-order chi connectivity index (χ0) is 15.2. The average molecular weight is 307 g/mol. The van der Waals surface area contributed by atoms with E-state index in [4.69, 9.17) is 11.6 Å². The van der Waals surface area contributed by atoms with Crippen LogP contribution in [0.2, 0.25) is 5.02 Å². The molecule has 2 aromatic rings. The summed E-state index contributed by atoms with van der Waals surface area (Å²) in [6.07, 6.45) is 1.08. The Labute approximate surface area is 130 Å². The maximum Gasteiger partial charge on any atom is 0.146 e. The van der Waals surface area contributed by atoms with Crippen molar-refractivity contribution in [3.63, 3.8) is 0 Å². The van der Waals surface area contributed by atoms with Gasteiger partial charge in [0.05, 0.1) is 5.69 Å². The molecule has 0 fully saturated rings. The maximum absolute atomic E-state index is 14.0. The standard InChI is InChI=1S/C17H20ClFN2/c1-3-10-20-12-13-8-9-14(18)11-17(13)21(2)16-7-5-4-6-15(16)19/h4-9,11,20H,3,10,12H2,1-2H3. The molecule has 0 aliphatic rings. The van der Waals surface area contributed by atoms with Gasteiger partial charge in [-0.15, -0.1) is 0 Å². The SMILES string of the molecule is CCCNCc1ccc(Cl)cc1N(C)c1ccccc1F. The summed E-state index contributed by atoms with van der Waals surface area (Å²) in [6, 6.07) is 12.5. The first-order valence-electron chi connectivity index (χ1n) is 7.11. The molecule has 0 amide bonds. The first kappa shape index (κ1) is 15.8. The van der Waals surface area contributed by atoms with Crippen LogP contribution in [0.5, 0.6) is 0 Å². The van der Waals surface area contributed by atoms with Crippen molar-refractivity contribution in [3.05, 3.63) is 58.9 Å². The third-order valence-electron chi connectivity index (χ3n) is 3.36. The molecule has 112 valence electrons. The molecule has 2 aromatic carbocycles. The molecule has 21 heavy (non-hydrogen) atoms. The largest absolute Gasteiger partial charge is 0.342 e. The summed E-state index contributed by atoms with van der Waals surface area (Å²) in [5, 5.41) is 4.01. The fourth-order valence-corrected chi connectivity index (χ4v) is 2.42. The Morgan fingerprint density at radius 2 is 1.90 bits per heavy atom. The smallest absolute Gasteiger partial charge is 0.146 e. The number of halogens is 2. The van der Waals surface area contributed by atoms with Crippen LogP contribution < -0.4 is 10.2 Å². The second kappa shape index (κ2) is 7.43. The highest BCUT2D eigenvalue weighted by atomic mass is 35.5. The van der Waals surface area contributed by atoms with Crippen LogP contribution in [0.4, 0.5) is 15.8 Å². The molecule has 0 aromatic heterocycles. The summed E-state index contributed by atoms with van der Waals surface area (Å²) >= 11 is 6.11. The molecule has 0 unspecified atom stereocenters. The van der Waals surface area contributed by atoms with E-state index >= 15 is 0 Å². The van der Waals surface area contributed by atoms with E-state index in [0.29, 0.717) is 10.7 Å². The molecule has 0 bridgehead atoms. The number of hydrogen-bond acceptors (Lipinski definition) is 2. The van der Waals surface area contributed by atoms with Gasteiger partial charge in [-0.1, -0.05) is 36.7 Å². The molecule has 2 nitrogen and oxygen atoms in total. The number of hydrogen-bond donors (Lipinski definition) is 1. The predicted octanol–water partition coefficient (Wildman–Crippen LogP) is 4.75. The number of benzene rings is 2. The third kappa shape index (κ3) is 3.96. The molecule has 0 atom stereocenters. The third-order valence-corrected chi connectivity index (χ3v) is 3.60. The van der Waals surface area contributed by atoms with E-state index in [0.717, 1.165) is 30.8 Å². The summed E-state index contributed by atoms with van der Waals surface area (Å²) in [6.45, 7) is 3.81. The molecule has 0 saturated heterocycles. The molecule has 0 saturated carbocycles. The van der Waals surface area contributed by atoms with E-state index in [-0.39, 0.29) is 5.82 Å². The summed E-state index contributed by atoms with van der Waals surface area (Å²) in [5.74, 6) is -0.243. The second-order valence-electron chi connectivity index (χ2n) is 4.96. The zero-order valence-electron chi connectivity index (χ0n) is 12.4. The Bertz CT molecular complexity index is 601. The minimum absolute atomic E-state index is 0.243. The first-order chi connectivity index (χ1) is 10.1. The monoisotopic (exact) mass is 306 g/mol. The summed E-state index contributed by atoms with van der Waals surface area (Å²) in [5.41, 5.74) is 2.55. The molecule has 0 aliphatic heterocycles. The molecular formula is C17H20ClFN2. The van der Waals surface area contributed by atoms with Gasteiger partial charge in [0.15, 0.2) is 0 Å². The van der Waals surface area contributed by atoms with Gasteiger partial charge in [0, 0.05) is 24.3 Å². The molecule has 0 radical (unpaired) electrons. The summed E-state index contributed by atoms with van der Waals surface area (Å²) < 4.78 is 14.0. The van der Waals surface area contributed by atoms with E-state index in [2.05, 4.69) is 12.2 Å². The van der Waals surface area contributed by atoms with Crippen LogP contribution in [0.1, 0.15) is 18.9 Å². The van der Waals surface area contributed by atoms with Crippen molar-refractivity contribution in [3.8, 4) is 0 Å². The highest BCUT2D eigenvalue weighted by Crippen LogP contribution is 2.31. The number of rotatable bonds is 6. The molecule has 0 aliphatic carbocycles. The molecule has 4 heteroatoms. The van der Waals surface area contributed by atoms with E-state index in [1.165, 1.54) is 6.07 Å². The number of para-hydroxylation sites is 1. The Kier molecular flexibility index (Phi) is 5.59. The lowest BCUT2D eigenvalue weighted by Crippen LogP contribution is -2.18. The van der Waals surface area contributed by atoms with Gasteiger partial charge in [-0.25, -0.2) is 4.39 Å². The van der Waals surface area contributed by atoms with Gasteiger partial charge in [-0.05, 0) is 42.8 Å². The van der Waals surface area contributed by atoms with Crippen LogP contribution in [0, 0.1) is 5.82 Å². The maximum atomic E-state index is 14.0. The molecule has 2 rings (SSSR count). The van der Waals surface area contributed by atoms with Crippen LogP contribution in [-0.2, 0) is 6.54 Å². The highest BCUT2D eigenvalue weighted by molar-refractivity contribution is 6.30. The minimum atomic E-state index is -0.243. The number of nitrogens with zero attached hydrogens (tertiary/aromatic N) is 1. The Hall–Kier alpha value is -1.58. The predicted molar refractivity (Wildman–Crippen MR) is 87.9 cm³/mol. The van der Waals surface area contributed by atoms with E-state index in [9.17, 15) is 4.39 Å². The Morgan fingerprint density at radius 1 is 1.14 bits per heavy atom. The Morgan fingerprint density at radius 3 is 2.62 bits per heavy atom. The van der Waals surface area contributed by atoms with Crippen LogP contribution in [0.15, 0.2) is 42.5 Å². The van der Waals surface area contributed by atoms with Gasteiger partial charge in [0.25, 0.3) is 0 Å². The van der Waals surface area contributed by atoms with Gasteiger partial charge in [-0.3, -0.25) is 0 Å². The quantitative estimate of drug-likeness (QED) is 0.775. The van der Waals surface area contributed by atoms with Crippen molar-refractivity contribution in [2.75, 3.05) is 18.5 Å². The topological polar surface area (TPSA) is 15.3 Å². The van der Waals surface area contributed by atoms with E-state index in [1.807, 2.05) is 36.2 Å². The van der Waals surface area contributed by atoms with Crippen LogP contribution >= 0.6 is 11.6 Å².